The molecule has 0 amide bonds. The maximum absolute atomic E-state index is 14.8. The molecule has 11 heteroatoms. The van der Waals surface area contributed by atoms with E-state index in [4.69, 9.17) is 23.7 Å². The van der Waals surface area contributed by atoms with Crippen LogP contribution in [0.25, 0.3) is 0 Å². The highest BCUT2D eigenvalue weighted by Crippen LogP contribution is 2.71. The molecule has 14 atom stereocenters. The van der Waals surface area contributed by atoms with Crippen LogP contribution in [0.5, 0.6) is 0 Å². The fourth-order valence-corrected chi connectivity index (χ4v) is 10.8. The van der Waals surface area contributed by atoms with Gasteiger partial charge in [-0.05, 0) is 47.0 Å². The van der Waals surface area contributed by atoms with Gasteiger partial charge in [0.15, 0.2) is 5.78 Å². The lowest BCUT2D eigenvalue weighted by molar-refractivity contribution is -0.336. The van der Waals surface area contributed by atoms with E-state index in [9.17, 15) is 29.4 Å². The van der Waals surface area contributed by atoms with E-state index >= 15 is 0 Å². The Kier molecular flexibility index (Phi) is 4.50. The first-order chi connectivity index (χ1) is 18.5. The average Bonchev–Trinajstić information content (AvgIpc) is 3.44. The highest BCUT2D eigenvalue weighted by Gasteiger charge is 2.85. The summed E-state index contributed by atoms with van der Waals surface area (Å²) in [5.74, 6) is -7.87. The third kappa shape index (κ3) is 2.55. The summed E-state index contributed by atoms with van der Waals surface area (Å²) >= 11 is 0. The van der Waals surface area contributed by atoms with Crippen molar-refractivity contribution >= 4 is 23.5 Å². The molecule has 8 fully saturated rings. The molecule has 0 radical (unpaired) electrons. The molecular formula is C29H36O11. The molecular weight excluding hydrogens is 524 g/mol. The van der Waals surface area contributed by atoms with E-state index in [-0.39, 0.29) is 38.0 Å². The second-order valence-electron chi connectivity index (χ2n) is 14.7. The van der Waals surface area contributed by atoms with Crippen molar-refractivity contribution in [2.75, 3.05) is 0 Å². The molecule has 2 bridgehead atoms. The number of hydrogen-bond acceptors (Lipinski definition) is 11. The van der Waals surface area contributed by atoms with Crippen LogP contribution in [0.4, 0.5) is 0 Å². The number of carbonyl (C=O) groups is 4. The first-order valence-electron chi connectivity index (χ1n) is 14.5. The average molecular weight is 561 g/mol. The van der Waals surface area contributed by atoms with Crippen molar-refractivity contribution in [2.24, 2.45) is 35.0 Å². The van der Waals surface area contributed by atoms with Crippen LogP contribution in [-0.2, 0) is 42.9 Å². The normalized spacial score (nSPS) is 60.6. The van der Waals surface area contributed by atoms with Gasteiger partial charge in [0.25, 0.3) is 0 Å². The highest BCUT2D eigenvalue weighted by molar-refractivity contribution is 6.00. The largest absolute Gasteiger partial charge is 0.459 e. The fraction of sp³-hybridized carbons (Fsp3) is 0.862. The number of ether oxygens (including phenoxy) is 5. The molecule has 40 heavy (non-hydrogen) atoms. The molecule has 6 saturated heterocycles. The summed E-state index contributed by atoms with van der Waals surface area (Å²) in [4.78, 5) is 54.3. The highest BCUT2D eigenvalue weighted by atomic mass is 16.7. The minimum Gasteiger partial charge on any atom is -0.459 e. The minimum absolute atomic E-state index is 0.0663. The second-order valence-corrected chi connectivity index (χ2v) is 14.7. The summed E-state index contributed by atoms with van der Waals surface area (Å²) in [7, 11) is 0. The Morgan fingerprint density at radius 2 is 1.70 bits per heavy atom. The molecule has 0 aromatic carbocycles. The maximum Gasteiger partial charge on any atom is 0.311 e. The Morgan fingerprint density at radius 3 is 2.42 bits per heavy atom. The van der Waals surface area contributed by atoms with Gasteiger partial charge < -0.3 is 33.9 Å². The molecule has 218 valence electrons. The monoisotopic (exact) mass is 560 g/mol. The Hall–Kier alpha value is -1.92. The first-order valence-corrected chi connectivity index (χ1v) is 14.5. The van der Waals surface area contributed by atoms with Crippen LogP contribution >= 0.6 is 0 Å². The van der Waals surface area contributed by atoms with Crippen LogP contribution in [0.3, 0.4) is 0 Å². The zero-order valence-electron chi connectivity index (χ0n) is 23.3. The van der Waals surface area contributed by atoms with E-state index in [1.807, 2.05) is 13.8 Å². The van der Waals surface area contributed by atoms with Gasteiger partial charge in [-0.1, -0.05) is 6.92 Å². The van der Waals surface area contributed by atoms with Gasteiger partial charge in [-0.3, -0.25) is 19.2 Å². The lowest BCUT2D eigenvalue weighted by atomic mass is 9.60. The van der Waals surface area contributed by atoms with E-state index in [0.29, 0.717) is 0 Å². The molecule has 11 nitrogen and oxygen atoms in total. The zero-order valence-corrected chi connectivity index (χ0v) is 23.3. The zero-order chi connectivity index (χ0) is 28.6. The van der Waals surface area contributed by atoms with Crippen molar-refractivity contribution < 1.29 is 53.1 Å². The summed E-state index contributed by atoms with van der Waals surface area (Å²) in [6.45, 7) is 8.62. The summed E-state index contributed by atoms with van der Waals surface area (Å²) in [5, 5.41) is 23.5. The van der Waals surface area contributed by atoms with Crippen molar-refractivity contribution in [3.8, 4) is 0 Å². The van der Waals surface area contributed by atoms with Crippen LogP contribution in [0, 0.1) is 35.0 Å². The van der Waals surface area contributed by atoms with Gasteiger partial charge in [0, 0.05) is 29.6 Å². The number of esters is 2. The molecule has 2 N–H and O–H groups in total. The quantitative estimate of drug-likeness (QED) is 0.400. The Morgan fingerprint density at radius 1 is 0.975 bits per heavy atom. The fourth-order valence-electron chi connectivity index (χ4n) is 10.8. The van der Waals surface area contributed by atoms with E-state index in [2.05, 4.69) is 0 Å². The topological polar surface area (TPSA) is 155 Å². The van der Waals surface area contributed by atoms with Crippen LogP contribution in [-0.4, -0.2) is 86.3 Å². The number of fused-ring (bicyclic) bond motifs is 2. The molecule has 0 aromatic rings. The molecule has 6 aliphatic heterocycles. The lowest BCUT2D eigenvalue weighted by Crippen LogP contribution is -2.65. The first kappa shape index (κ1) is 25.8. The summed E-state index contributed by atoms with van der Waals surface area (Å²) in [6, 6.07) is 0. The van der Waals surface area contributed by atoms with Crippen LogP contribution in [0.15, 0.2) is 0 Å². The summed E-state index contributed by atoms with van der Waals surface area (Å²) < 4.78 is 31.7. The third-order valence-electron chi connectivity index (χ3n) is 12.3. The standard InChI is InChI=1S/C29H36O11/c1-11-18-19(36-22(11)33)17-20-25(4,23(34)26(17,5)35)6-7-27-10-28-13(24(2,3)37-14(28)9-15(31)38-28)8-12(30)16(27)21(32)29(20,39-18)40-27/h11-14,16-20,30,35H,6-10H2,1-5H3/t11-,12+,13-,14+,16-,17+,18+,19+,20-,25-,26+,27-,28+,29-/m0/s1. The Balaban J connectivity index is 1.33. The molecule has 8 rings (SSSR count). The van der Waals surface area contributed by atoms with Crippen molar-refractivity contribution in [1.82, 2.24) is 0 Å². The molecule has 6 heterocycles. The van der Waals surface area contributed by atoms with Gasteiger partial charge in [-0.25, -0.2) is 0 Å². The molecule has 8 aliphatic rings. The predicted octanol–water partition coefficient (Wildman–Crippen LogP) is 0.598. The SMILES string of the molecule is C[C@@H]1C(=O)O[C@H]2[C@@H]1O[C@]13O[C@@]4(CC[C@]5(C)C(=O)[C@](C)(O)[C@H]2[C@H]15)C[C@]12OC(=O)C[C@H]1OC(C)(C)[C@@H]2C[C@@H](O)[C@H]4C3=O. The summed E-state index contributed by atoms with van der Waals surface area (Å²) in [6.07, 6.45) is -2.79. The van der Waals surface area contributed by atoms with E-state index in [1.54, 1.807) is 13.8 Å². The number of ketones is 2. The van der Waals surface area contributed by atoms with Gasteiger partial charge in [-0.15, -0.1) is 0 Å². The molecule has 2 saturated carbocycles. The lowest BCUT2D eigenvalue weighted by Gasteiger charge is -2.50. The number of aliphatic hydroxyl groups excluding tert-OH is 1. The maximum atomic E-state index is 14.8. The van der Waals surface area contributed by atoms with E-state index < -0.39 is 105 Å². The predicted molar refractivity (Wildman–Crippen MR) is 130 cm³/mol. The number of hydrogen-bond donors (Lipinski definition) is 2. The summed E-state index contributed by atoms with van der Waals surface area (Å²) in [5.41, 5.74) is -6.27. The van der Waals surface area contributed by atoms with Crippen molar-refractivity contribution in [2.45, 2.75) is 119 Å². The van der Waals surface area contributed by atoms with Gasteiger partial charge >= 0.3 is 11.9 Å². The minimum atomic E-state index is -1.99. The Labute approximate surface area is 231 Å². The van der Waals surface area contributed by atoms with Gasteiger partial charge in [0.2, 0.25) is 11.6 Å². The number of rotatable bonds is 0. The molecule has 3 spiro atoms. The van der Waals surface area contributed by atoms with E-state index in [1.165, 1.54) is 6.92 Å². The van der Waals surface area contributed by atoms with Crippen molar-refractivity contribution in [3.63, 3.8) is 0 Å². The van der Waals surface area contributed by atoms with Gasteiger partial charge in [-0.2, -0.15) is 0 Å². The van der Waals surface area contributed by atoms with Gasteiger partial charge in [0.1, 0.15) is 29.5 Å². The van der Waals surface area contributed by atoms with Gasteiger partial charge in [0.05, 0.1) is 35.6 Å². The Bertz CT molecular complexity index is 1290. The second kappa shape index (κ2) is 6.99. The molecule has 2 aliphatic carbocycles. The van der Waals surface area contributed by atoms with Crippen LogP contribution < -0.4 is 0 Å². The number of aliphatic hydroxyl groups is 2. The van der Waals surface area contributed by atoms with Crippen LogP contribution in [0.1, 0.15) is 66.7 Å². The number of Topliss-reactive ketones (excluding diaryl/α,β-unsaturated/α-hetero) is 2. The van der Waals surface area contributed by atoms with Crippen LogP contribution in [0.2, 0.25) is 0 Å². The number of carbonyl (C=O) groups excluding carboxylic acids is 4. The smallest absolute Gasteiger partial charge is 0.311 e. The van der Waals surface area contributed by atoms with Crippen molar-refractivity contribution in [1.29, 1.82) is 0 Å². The third-order valence-corrected chi connectivity index (χ3v) is 12.3. The molecule has 0 unspecified atom stereocenters. The van der Waals surface area contributed by atoms with Crippen molar-refractivity contribution in [3.05, 3.63) is 0 Å². The van der Waals surface area contributed by atoms with E-state index in [0.717, 1.165) is 0 Å². The molecule has 0 aromatic heterocycles.